The molecule has 16 heavy (non-hydrogen) atoms. The molecule has 2 aliphatic carbocycles. The van der Waals surface area contributed by atoms with Gasteiger partial charge in [-0.25, -0.2) is 0 Å². The minimum Gasteiger partial charge on any atom is -0.455 e. The lowest BCUT2D eigenvalue weighted by molar-refractivity contribution is -0.151. The molecule has 84 valence electrons. The Hall–Kier alpha value is -1.38. The minimum atomic E-state index is -0.199. The summed E-state index contributed by atoms with van der Waals surface area (Å²) in [5.74, 6) is -0.199. The summed E-state index contributed by atoms with van der Waals surface area (Å²) >= 11 is 0. The number of nitrogens with zero attached hydrogens (tertiary/aromatic N) is 1. The summed E-state index contributed by atoms with van der Waals surface area (Å²) in [6.45, 7) is 1.48. The molecule has 0 aromatic carbocycles. The standard InChI is InChI=1S/C13H15NO2/c1-9(15)16-12-11-10(3-2-8-14-11)4-5-13(12)6-7-13/h2-3,8,12H,4-7H2,1H3. The highest BCUT2D eigenvalue weighted by molar-refractivity contribution is 5.66. The van der Waals surface area contributed by atoms with Crippen molar-refractivity contribution in [3.63, 3.8) is 0 Å². The maximum atomic E-state index is 11.2. The van der Waals surface area contributed by atoms with Crippen LogP contribution in [0.1, 0.15) is 43.5 Å². The van der Waals surface area contributed by atoms with Gasteiger partial charge in [-0.05, 0) is 37.3 Å². The summed E-state index contributed by atoms with van der Waals surface area (Å²) in [4.78, 5) is 15.6. The third kappa shape index (κ3) is 1.42. The molecule has 2 aliphatic rings. The summed E-state index contributed by atoms with van der Waals surface area (Å²) in [6.07, 6.45) is 6.22. The molecule has 0 aliphatic heterocycles. The van der Waals surface area contributed by atoms with Gasteiger partial charge >= 0.3 is 5.97 Å². The molecule has 3 heteroatoms. The first kappa shape index (κ1) is 9.82. The number of ether oxygens (including phenoxy) is 1. The van der Waals surface area contributed by atoms with Crippen LogP contribution in [0.3, 0.4) is 0 Å². The molecule has 3 nitrogen and oxygen atoms in total. The largest absolute Gasteiger partial charge is 0.455 e. The molecule has 3 rings (SSSR count). The van der Waals surface area contributed by atoms with Crippen molar-refractivity contribution in [2.45, 2.75) is 38.7 Å². The zero-order valence-corrected chi connectivity index (χ0v) is 9.40. The van der Waals surface area contributed by atoms with Gasteiger partial charge in [0.2, 0.25) is 0 Å². The van der Waals surface area contributed by atoms with Crippen LogP contribution in [0.2, 0.25) is 0 Å². The van der Waals surface area contributed by atoms with Crippen molar-refractivity contribution >= 4 is 5.97 Å². The Morgan fingerprint density at radius 3 is 3.00 bits per heavy atom. The van der Waals surface area contributed by atoms with Crippen LogP contribution in [0, 0.1) is 5.41 Å². The monoisotopic (exact) mass is 217 g/mol. The average Bonchev–Trinajstić information content (AvgIpc) is 3.03. The predicted octanol–water partition coefficient (Wildman–Crippen LogP) is 2.41. The minimum absolute atomic E-state index is 0.102. The van der Waals surface area contributed by atoms with Gasteiger partial charge in [0, 0.05) is 18.5 Å². The van der Waals surface area contributed by atoms with Crippen LogP contribution in [-0.2, 0) is 16.0 Å². The van der Waals surface area contributed by atoms with E-state index in [1.165, 1.54) is 25.3 Å². The maximum absolute atomic E-state index is 11.2. The molecular formula is C13H15NO2. The lowest BCUT2D eigenvalue weighted by Crippen LogP contribution is -2.26. The van der Waals surface area contributed by atoms with Gasteiger partial charge in [0.1, 0.15) is 6.10 Å². The van der Waals surface area contributed by atoms with Crippen LogP contribution < -0.4 is 0 Å². The van der Waals surface area contributed by atoms with Crippen molar-refractivity contribution < 1.29 is 9.53 Å². The molecule has 1 fully saturated rings. The van der Waals surface area contributed by atoms with E-state index in [1.54, 1.807) is 6.20 Å². The number of aromatic nitrogens is 1. The lowest BCUT2D eigenvalue weighted by atomic mass is 9.81. The number of fused-ring (bicyclic) bond motifs is 1. The van der Waals surface area contributed by atoms with Crippen LogP contribution in [-0.4, -0.2) is 11.0 Å². The number of carbonyl (C=O) groups is 1. The zero-order valence-electron chi connectivity index (χ0n) is 9.40. The average molecular weight is 217 g/mol. The molecule has 1 aromatic rings. The van der Waals surface area contributed by atoms with Crippen LogP contribution in [0.5, 0.6) is 0 Å². The molecule has 0 bridgehead atoms. The molecule has 1 heterocycles. The van der Waals surface area contributed by atoms with Gasteiger partial charge in [0.15, 0.2) is 0 Å². The topological polar surface area (TPSA) is 39.2 Å². The Balaban J connectivity index is 2.00. The van der Waals surface area contributed by atoms with E-state index in [1.807, 2.05) is 6.07 Å². The molecule has 0 N–H and O–H groups in total. The second kappa shape index (κ2) is 3.30. The van der Waals surface area contributed by atoms with E-state index < -0.39 is 0 Å². The van der Waals surface area contributed by atoms with Gasteiger partial charge in [-0.2, -0.15) is 0 Å². The fourth-order valence-electron chi connectivity index (χ4n) is 2.72. The van der Waals surface area contributed by atoms with Crippen molar-refractivity contribution in [2.24, 2.45) is 5.41 Å². The highest BCUT2D eigenvalue weighted by Gasteiger charge is 2.54. The smallest absolute Gasteiger partial charge is 0.303 e. The Morgan fingerprint density at radius 2 is 2.31 bits per heavy atom. The van der Waals surface area contributed by atoms with E-state index in [0.29, 0.717) is 0 Å². The quantitative estimate of drug-likeness (QED) is 0.678. The summed E-state index contributed by atoms with van der Waals surface area (Å²) in [6, 6.07) is 4.04. The number of aryl methyl sites for hydroxylation is 1. The van der Waals surface area contributed by atoms with Crippen LogP contribution in [0.25, 0.3) is 0 Å². The van der Waals surface area contributed by atoms with Crippen molar-refractivity contribution in [2.75, 3.05) is 0 Å². The van der Waals surface area contributed by atoms with E-state index in [2.05, 4.69) is 11.1 Å². The van der Waals surface area contributed by atoms with Gasteiger partial charge < -0.3 is 4.74 Å². The van der Waals surface area contributed by atoms with Crippen molar-refractivity contribution in [1.29, 1.82) is 0 Å². The van der Waals surface area contributed by atoms with Crippen LogP contribution in [0.15, 0.2) is 18.3 Å². The van der Waals surface area contributed by atoms with E-state index in [0.717, 1.165) is 18.5 Å². The van der Waals surface area contributed by atoms with E-state index in [9.17, 15) is 4.79 Å². The van der Waals surface area contributed by atoms with Gasteiger partial charge in [-0.1, -0.05) is 6.07 Å². The van der Waals surface area contributed by atoms with Crippen molar-refractivity contribution in [3.8, 4) is 0 Å². The lowest BCUT2D eigenvalue weighted by Gasteiger charge is -2.32. The molecule has 0 radical (unpaired) electrons. The molecule has 1 spiro atoms. The molecule has 1 unspecified atom stereocenters. The van der Waals surface area contributed by atoms with Crippen LogP contribution >= 0.6 is 0 Å². The molecule has 1 atom stereocenters. The SMILES string of the molecule is CC(=O)OC1c2ncccc2CCC12CC2. The molecule has 1 saturated carbocycles. The Morgan fingerprint density at radius 1 is 1.50 bits per heavy atom. The second-order valence-electron chi connectivity index (χ2n) is 4.90. The van der Waals surface area contributed by atoms with Crippen molar-refractivity contribution in [3.05, 3.63) is 29.6 Å². The fourth-order valence-corrected chi connectivity index (χ4v) is 2.72. The highest BCUT2D eigenvalue weighted by atomic mass is 16.5. The van der Waals surface area contributed by atoms with Gasteiger partial charge in [-0.3, -0.25) is 9.78 Å². The first-order valence-corrected chi connectivity index (χ1v) is 5.82. The molecule has 0 saturated heterocycles. The number of carbonyl (C=O) groups excluding carboxylic acids is 1. The van der Waals surface area contributed by atoms with Crippen LogP contribution in [0.4, 0.5) is 0 Å². The number of pyridine rings is 1. The Kier molecular flexibility index (Phi) is 2.03. The highest BCUT2D eigenvalue weighted by Crippen LogP contribution is 2.61. The predicted molar refractivity (Wildman–Crippen MR) is 58.7 cm³/mol. The summed E-state index contributed by atoms with van der Waals surface area (Å²) in [5, 5.41) is 0. The zero-order chi connectivity index (χ0) is 11.2. The molecule has 1 aromatic heterocycles. The summed E-state index contributed by atoms with van der Waals surface area (Å²) in [5.41, 5.74) is 2.44. The third-order valence-electron chi connectivity index (χ3n) is 3.80. The van der Waals surface area contributed by atoms with E-state index in [-0.39, 0.29) is 17.5 Å². The summed E-state index contributed by atoms with van der Waals surface area (Å²) in [7, 11) is 0. The van der Waals surface area contributed by atoms with Gasteiger partial charge in [0.05, 0.1) is 5.69 Å². The Bertz CT molecular complexity index is 437. The fraction of sp³-hybridized carbons (Fsp3) is 0.538. The van der Waals surface area contributed by atoms with Crippen molar-refractivity contribution in [1.82, 2.24) is 4.98 Å². The second-order valence-corrected chi connectivity index (χ2v) is 4.90. The van der Waals surface area contributed by atoms with Gasteiger partial charge in [0.25, 0.3) is 0 Å². The first-order chi connectivity index (χ1) is 7.71. The summed E-state index contributed by atoms with van der Waals surface area (Å²) < 4.78 is 5.49. The van der Waals surface area contributed by atoms with E-state index in [4.69, 9.17) is 4.74 Å². The maximum Gasteiger partial charge on any atom is 0.303 e. The van der Waals surface area contributed by atoms with E-state index >= 15 is 0 Å². The Labute approximate surface area is 94.8 Å². The number of hydrogen-bond acceptors (Lipinski definition) is 3. The van der Waals surface area contributed by atoms with Gasteiger partial charge in [-0.15, -0.1) is 0 Å². The molecular weight excluding hydrogens is 202 g/mol. The normalized spacial score (nSPS) is 24.9. The third-order valence-corrected chi connectivity index (χ3v) is 3.80. The number of esters is 1. The number of rotatable bonds is 1. The first-order valence-electron chi connectivity index (χ1n) is 5.82. The molecule has 0 amide bonds. The number of hydrogen-bond donors (Lipinski definition) is 0.